The molecule has 2 atom stereocenters. The molecule has 0 fully saturated rings. The second kappa shape index (κ2) is 7.24. The van der Waals surface area contributed by atoms with Crippen molar-refractivity contribution in [2.45, 2.75) is 24.9 Å². The number of rotatable bonds is 7. The van der Waals surface area contributed by atoms with Crippen LogP contribution in [0.1, 0.15) is 12.8 Å². The first kappa shape index (κ1) is 13.9. The third-order valence-electron chi connectivity index (χ3n) is 1.66. The summed E-state index contributed by atoms with van der Waals surface area (Å²) in [5.74, 6) is -1.44. The van der Waals surface area contributed by atoms with E-state index in [0.717, 1.165) is 0 Å². The summed E-state index contributed by atoms with van der Waals surface area (Å²) in [6, 6.07) is -1.83. The van der Waals surface area contributed by atoms with E-state index in [1.54, 1.807) is 6.29 Å². The predicted octanol–water partition coefficient (Wildman–Crippen LogP) is -1.30. The molecular formula is C8H13N2O4S. The molecule has 0 aliphatic rings. The molecule has 15 heavy (non-hydrogen) atoms. The summed E-state index contributed by atoms with van der Waals surface area (Å²) in [5, 5.41) is 10.8. The Morgan fingerprint density at radius 1 is 1.53 bits per heavy atom. The van der Waals surface area contributed by atoms with Gasteiger partial charge in [-0.15, -0.1) is 0 Å². The van der Waals surface area contributed by atoms with Gasteiger partial charge in [-0.2, -0.15) is 12.6 Å². The van der Waals surface area contributed by atoms with Gasteiger partial charge in [0.1, 0.15) is 12.1 Å². The molecule has 0 saturated heterocycles. The van der Waals surface area contributed by atoms with Gasteiger partial charge in [-0.25, -0.2) is 0 Å². The molecule has 0 saturated carbocycles. The lowest BCUT2D eigenvalue weighted by atomic mass is 10.1. The van der Waals surface area contributed by atoms with Crippen molar-refractivity contribution >= 4 is 30.8 Å². The van der Waals surface area contributed by atoms with Crippen LogP contribution >= 0.6 is 12.6 Å². The lowest BCUT2D eigenvalue weighted by Gasteiger charge is -2.10. The van der Waals surface area contributed by atoms with Gasteiger partial charge in [0.2, 0.25) is 12.2 Å². The highest BCUT2D eigenvalue weighted by atomic mass is 32.1. The van der Waals surface area contributed by atoms with E-state index in [1.807, 2.05) is 0 Å². The van der Waals surface area contributed by atoms with Crippen molar-refractivity contribution < 1.29 is 19.5 Å². The Kier molecular flexibility index (Phi) is 6.72. The lowest BCUT2D eigenvalue weighted by Crippen LogP contribution is -2.38. The molecule has 0 aromatic rings. The number of nitrogens with two attached hydrogens (primary N) is 1. The maximum absolute atomic E-state index is 11.1. The maximum atomic E-state index is 11.1. The number of carboxylic acid groups (broad SMARTS) is 1. The van der Waals surface area contributed by atoms with Crippen LogP contribution in [0.4, 0.5) is 0 Å². The molecule has 1 amide bonds. The van der Waals surface area contributed by atoms with Gasteiger partial charge >= 0.3 is 5.97 Å². The Hall–Kier alpha value is -1.08. The third-order valence-corrected chi connectivity index (χ3v) is 2.02. The molecule has 0 aromatic carbocycles. The Morgan fingerprint density at radius 3 is 2.53 bits per heavy atom. The SMILES string of the molecule is NC(CCC(=O)NC([C]=O)CS)C(=O)O. The molecule has 2 unspecified atom stereocenters. The average Bonchev–Trinajstić information content (AvgIpc) is 2.22. The molecular weight excluding hydrogens is 220 g/mol. The van der Waals surface area contributed by atoms with E-state index >= 15 is 0 Å². The molecule has 0 aromatic heterocycles. The number of carboxylic acids is 1. The van der Waals surface area contributed by atoms with Gasteiger partial charge in [0, 0.05) is 12.2 Å². The van der Waals surface area contributed by atoms with Gasteiger partial charge < -0.3 is 16.2 Å². The zero-order valence-corrected chi connectivity index (χ0v) is 8.87. The summed E-state index contributed by atoms with van der Waals surface area (Å²) in [6.07, 6.45) is 1.57. The first-order valence-electron chi connectivity index (χ1n) is 4.27. The molecule has 7 heteroatoms. The number of carbonyl (C=O) groups excluding carboxylic acids is 2. The molecule has 0 bridgehead atoms. The number of hydrogen-bond acceptors (Lipinski definition) is 5. The zero-order valence-electron chi connectivity index (χ0n) is 7.97. The van der Waals surface area contributed by atoms with Crippen LogP contribution in [0, 0.1) is 0 Å². The van der Waals surface area contributed by atoms with Crippen LogP contribution in [-0.4, -0.2) is 41.1 Å². The van der Waals surface area contributed by atoms with Crippen molar-refractivity contribution in [1.82, 2.24) is 5.32 Å². The molecule has 0 spiro atoms. The van der Waals surface area contributed by atoms with Crippen LogP contribution in [0.25, 0.3) is 0 Å². The molecule has 0 aliphatic heterocycles. The third kappa shape index (κ3) is 6.08. The van der Waals surface area contributed by atoms with Crippen molar-refractivity contribution in [1.29, 1.82) is 0 Å². The van der Waals surface area contributed by atoms with Crippen molar-refractivity contribution in [3.05, 3.63) is 0 Å². The van der Waals surface area contributed by atoms with Crippen LogP contribution in [0.3, 0.4) is 0 Å². The number of thiol groups is 1. The van der Waals surface area contributed by atoms with E-state index in [4.69, 9.17) is 10.8 Å². The quantitative estimate of drug-likeness (QED) is 0.409. The van der Waals surface area contributed by atoms with E-state index in [9.17, 15) is 14.4 Å². The second-order valence-corrected chi connectivity index (χ2v) is 3.27. The normalized spacial score (nSPS) is 14.0. The average molecular weight is 233 g/mol. The molecule has 0 aliphatic carbocycles. The molecule has 1 radical (unpaired) electrons. The Morgan fingerprint density at radius 2 is 2.13 bits per heavy atom. The highest BCUT2D eigenvalue weighted by molar-refractivity contribution is 7.80. The van der Waals surface area contributed by atoms with Crippen LogP contribution in [0.5, 0.6) is 0 Å². The maximum Gasteiger partial charge on any atom is 0.320 e. The summed E-state index contributed by atoms with van der Waals surface area (Å²) in [5.41, 5.74) is 5.19. The van der Waals surface area contributed by atoms with Crippen molar-refractivity contribution in [2.24, 2.45) is 5.73 Å². The highest BCUT2D eigenvalue weighted by Crippen LogP contribution is 1.95. The van der Waals surface area contributed by atoms with Gasteiger partial charge in [0.25, 0.3) is 0 Å². The summed E-state index contributed by atoms with van der Waals surface area (Å²) in [6.45, 7) is 0. The zero-order chi connectivity index (χ0) is 11.8. The summed E-state index contributed by atoms with van der Waals surface area (Å²) < 4.78 is 0. The first-order valence-corrected chi connectivity index (χ1v) is 4.90. The number of aliphatic carboxylic acids is 1. The minimum absolute atomic E-state index is 0.0271. The molecule has 85 valence electrons. The van der Waals surface area contributed by atoms with Gasteiger partial charge in [-0.1, -0.05) is 0 Å². The highest BCUT2D eigenvalue weighted by Gasteiger charge is 2.15. The van der Waals surface area contributed by atoms with Crippen LogP contribution in [-0.2, 0) is 14.4 Å². The van der Waals surface area contributed by atoms with Crippen molar-refractivity contribution in [3.63, 3.8) is 0 Å². The summed E-state index contributed by atoms with van der Waals surface area (Å²) in [4.78, 5) is 31.7. The predicted molar refractivity (Wildman–Crippen MR) is 56.3 cm³/mol. The van der Waals surface area contributed by atoms with Gasteiger partial charge in [0.15, 0.2) is 0 Å². The fourth-order valence-electron chi connectivity index (χ4n) is 0.789. The van der Waals surface area contributed by atoms with E-state index in [-0.39, 0.29) is 18.6 Å². The lowest BCUT2D eigenvalue weighted by molar-refractivity contribution is -0.138. The van der Waals surface area contributed by atoms with E-state index in [1.165, 1.54) is 0 Å². The Balaban J connectivity index is 3.84. The Bertz CT molecular complexity index is 247. The van der Waals surface area contributed by atoms with Crippen molar-refractivity contribution in [3.8, 4) is 0 Å². The van der Waals surface area contributed by atoms with E-state index < -0.39 is 24.0 Å². The largest absolute Gasteiger partial charge is 0.480 e. The van der Waals surface area contributed by atoms with Crippen LogP contribution in [0.2, 0.25) is 0 Å². The molecule has 4 N–H and O–H groups in total. The number of nitrogens with one attached hydrogen (secondary N) is 1. The van der Waals surface area contributed by atoms with Gasteiger partial charge in [0.05, 0.1) is 0 Å². The number of amides is 1. The minimum atomic E-state index is -1.16. The van der Waals surface area contributed by atoms with Gasteiger partial charge in [-0.3, -0.25) is 14.4 Å². The van der Waals surface area contributed by atoms with Crippen molar-refractivity contribution in [2.75, 3.05) is 5.75 Å². The van der Waals surface area contributed by atoms with Crippen LogP contribution < -0.4 is 11.1 Å². The van der Waals surface area contributed by atoms with Crippen LogP contribution in [0.15, 0.2) is 0 Å². The standard InChI is InChI=1S/C8H13N2O4S/c9-6(8(13)14)1-2-7(12)10-5(3-11)4-15/h5-6,15H,1-2,4,9H2,(H,10,12)(H,13,14). The fourth-order valence-corrected chi connectivity index (χ4v) is 0.955. The molecule has 0 heterocycles. The summed E-state index contributed by atoms with van der Waals surface area (Å²) >= 11 is 3.82. The Labute approximate surface area is 92.6 Å². The topological polar surface area (TPSA) is 109 Å². The summed E-state index contributed by atoms with van der Waals surface area (Å²) in [7, 11) is 0. The second-order valence-electron chi connectivity index (χ2n) is 2.90. The molecule has 6 nitrogen and oxygen atoms in total. The van der Waals surface area contributed by atoms with Gasteiger partial charge in [-0.05, 0) is 6.42 Å². The first-order chi connectivity index (χ1) is 7.01. The number of carbonyl (C=O) groups is 2. The molecule has 0 rings (SSSR count). The number of hydrogen-bond donors (Lipinski definition) is 4. The monoisotopic (exact) mass is 233 g/mol. The van der Waals surface area contributed by atoms with E-state index in [2.05, 4.69) is 17.9 Å². The smallest absolute Gasteiger partial charge is 0.320 e. The minimum Gasteiger partial charge on any atom is -0.480 e. The van der Waals surface area contributed by atoms with E-state index in [0.29, 0.717) is 0 Å². The fraction of sp³-hybridized carbons (Fsp3) is 0.625.